The van der Waals surface area contributed by atoms with Crippen molar-refractivity contribution in [1.82, 2.24) is 62.1 Å². The topological polar surface area (TPSA) is 529 Å². The zero-order valence-corrected chi connectivity index (χ0v) is 76.3. The smallest absolute Gasteiger partial charge is 0.416 e. The Hall–Kier alpha value is -13.1. The molecule has 2 saturated heterocycles. The number of aliphatic hydroxyl groups is 3. The van der Waals surface area contributed by atoms with Crippen LogP contribution in [0.4, 0.5) is 32.3 Å². The van der Waals surface area contributed by atoms with Gasteiger partial charge in [0.25, 0.3) is 35.4 Å². The molecule has 2 fully saturated rings. The van der Waals surface area contributed by atoms with Gasteiger partial charge in [0.15, 0.2) is 35.5 Å². The Morgan fingerprint density at radius 2 is 0.880 bits per heavy atom. The number of amides is 16. The molecule has 10 rings (SSSR count). The number of carbonyl (C=O) groups excluding carboxylic acids is 16. The first-order chi connectivity index (χ1) is 63.7. The van der Waals surface area contributed by atoms with Crippen LogP contribution in [0.2, 0.25) is 0 Å². The Balaban J connectivity index is 0.692. The van der Waals surface area contributed by atoms with E-state index in [1.54, 1.807) is 69.3 Å². The van der Waals surface area contributed by atoms with Crippen molar-refractivity contribution < 1.29 is 120 Å². The second-order valence-corrected chi connectivity index (χ2v) is 33.8. The summed E-state index contributed by atoms with van der Waals surface area (Å²) in [7, 11) is 2.81. The van der Waals surface area contributed by atoms with Gasteiger partial charge in [0.05, 0.1) is 80.8 Å². The summed E-state index contributed by atoms with van der Waals surface area (Å²) in [5.41, 5.74) is 1.99. The zero-order valence-electron chi connectivity index (χ0n) is 76.3. The molecular weight excluding hydrogens is 1730 g/mol. The van der Waals surface area contributed by atoms with E-state index < -0.39 is 162 Å². The van der Waals surface area contributed by atoms with Gasteiger partial charge in [-0.1, -0.05) is 65.3 Å². The average Bonchev–Trinajstić information content (AvgIpc) is 1.61. The summed E-state index contributed by atoms with van der Waals surface area (Å²) >= 11 is 0. The third-order valence-electron chi connectivity index (χ3n) is 23.6. The van der Waals surface area contributed by atoms with Gasteiger partial charge in [-0.25, -0.2) is 19.4 Å². The molecule has 0 bridgehead atoms. The molecular formula is C92H122N16O25. The number of nitrogens with one attached hydrogen (secondary N) is 10. The van der Waals surface area contributed by atoms with Crippen LogP contribution in [-0.2, 0) is 80.2 Å². The summed E-state index contributed by atoms with van der Waals surface area (Å²) in [5.74, 6) is -7.66. The van der Waals surface area contributed by atoms with Gasteiger partial charge in [-0.05, 0) is 144 Å². The maximum atomic E-state index is 14.5. The van der Waals surface area contributed by atoms with Crippen molar-refractivity contribution >= 4 is 118 Å². The van der Waals surface area contributed by atoms with Crippen LogP contribution in [0.15, 0.2) is 97.1 Å². The van der Waals surface area contributed by atoms with Crippen molar-refractivity contribution in [3.8, 4) is 23.0 Å². The van der Waals surface area contributed by atoms with Crippen LogP contribution in [0.1, 0.15) is 177 Å². The number of anilines is 4. The monoisotopic (exact) mass is 1850 g/mol. The molecule has 41 nitrogen and oxygen atoms in total. The highest BCUT2D eigenvalue weighted by Crippen LogP contribution is 2.44. The van der Waals surface area contributed by atoms with E-state index in [1.807, 2.05) is 20.8 Å². The Bertz CT molecular complexity index is 4920. The van der Waals surface area contributed by atoms with Gasteiger partial charge in [0, 0.05) is 119 Å². The quantitative estimate of drug-likeness (QED) is 0.0170. The van der Waals surface area contributed by atoms with Crippen molar-refractivity contribution in [2.75, 3.05) is 100 Å². The first-order valence-corrected chi connectivity index (χ1v) is 45.0. The number of methoxy groups -OCH3 is 2. The molecule has 133 heavy (non-hydrogen) atoms. The fraction of sp³-hybridized carbons (Fsp3) is 0.522. The van der Waals surface area contributed by atoms with Crippen LogP contribution in [-0.4, -0.2) is 271 Å². The van der Waals surface area contributed by atoms with Crippen LogP contribution < -0.4 is 81.9 Å². The predicted molar refractivity (Wildman–Crippen MR) is 481 cm³/mol. The molecule has 4 aromatic rings. The number of hydrogen-bond acceptors (Lipinski definition) is 27. The first-order valence-electron chi connectivity index (χ1n) is 45.0. The lowest BCUT2D eigenvalue weighted by Crippen LogP contribution is -2.63. The summed E-state index contributed by atoms with van der Waals surface area (Å²) in [5, 5.41) is 60.9. The van der Waals surface area contributed by atoms with E-state index in [9.17, 15) is 92.0 Å². The predicted octanol–water partition coefficient (Wildman–Crippen LogP) is 3.75. The normalized spacial score (nSPS) is 18.0. The van der Waals surface area contributed by atoms with Crippen LogP contribution in [0, 0.1) is 11.8 Å². The molecule has 6 aliphatic heterocycles. The number of ether oxygens (including phenoxy) is 6. The van der Waals surface area contributed by atoms with E-state index in [0.717, 1.165) is 43.9 Å². The Labute approximate surface area is 770 Å². The summed E-state index contributed by atoms with van der Waals surface area (Å²) in [6, 6.07) is 10.9. The SMILES string of the molecule is CCCCNC(=O)[C@@H](NC(=O)CCCN1C(=O)C=CC1=O)[C@@H](NC(=O)CCCN1C(=O)C=CC1=O)C(=O)NCCCC(=O)N[C@H](CN[C@@H](C)C(=O)Nc1ccc(COC(=O)N2c3cc(OCCCCCOc4cc5c(cc4OC)C(=O)N4CCC[C@H]4C(O)N5C(=O)OCc4ccc(NC(=O)[C@H](C)NC(=O)[C@@H](NCO)C(C)C)cc4)c(OC)cc3C(=O)N3CCC[C@H]3C2O)cc1)C(C)C. The molecule has 6 aliphatic rings. The van der Waals surface area contributed by atoms with E-state index >= 15 is 0 Å². The van der Waals surface area contributed by atoms with Crippen molar-refractivity contribution in [2.45, 2.75) is 219 Å². The van der Waals surface area contributed by atoms with E-state index in [4.69, 9.17) is 28.4 Å². The van der Waals surface area contributed by atoms with Crippen LogP contribution in [0.5, 0.6) is 23.0 Å². The highest BCUT2D eigenvalue weighted by molar-refractivity contribution is 6.14. The molecule has 0 aromatic heterocycles. The Kier molecular flexibility index (Phi) is 37.5. The number of nitrogens with zero attached hydrogens (tertiary/aromatic N) is 6. The summed E-state index contributed by atoms with van der Waals surface area (Å²) < 4.78 is 35.7. The minimum absolute atomic E-state index is 0.00414. The van der Waals surface area contributed by atoms with Gasteiger partial charge in [-0.2, -0.15) is 0 Å². The van der Waals surface area contributed by atoms with Crippen molar-refractivity contribution in [3.63, 3.8) is 0 Å². The van der Waals surface area contributed by atoms with Crippen LogP contribution >= 0.6 is 0 Å². The van der Waals surface area contributed by atoms with Gasteiger partial charge >= 0.3 is 12.2 Å². The molecule has 16 amide bonds. The largest absolute Gasteiger partial charge is 0.493 e. The molecule has 0 aliphatic carbocycles. The minimum atomic E-state index is -1.72. The summed E-state index contributed by atoms with van der Waals surface area (Å²) in [6.07, 6.45) is 3.38. The second-order valence-electron chi connectivity index (χ2n) is 33.8. The Morgan fingerprint density at radius 3 is 1.29 bits per heavy atom. The van der Waals surface area contributed by atoms with Gasteiger partial charge in [0.1, 0.15) is 31.3 Å². The van der Waals surface area contributed by atoms with Gasteiger partial charge in [-0.3, -0.25) is 82.2 Å². The van der Waals surface area contributed by atoms with Gasteiger partial charge in [0.2, 0.25) is 47.3 Å². The van der Waals surface area contributed by atoms with Gasteiger partial charge in [-0.15, -0.1) is 0 Å². The number of fused-ring (bicyclic) bond motifs is 4. The first kappa shape index (κ1) is 102. The van der Waals surface area contributed by atoms with Crippen molar-refractivity contribution in [1.29, 1.82) is 0 Å². The van der Waals surface area contributed by atoms with Crippen LogP contribution in [0.3, 0.4) is 0 Å². The lowest BCUT2D eigenvalue weighted by molar-refractivity contribution is -0.139. The van der Waals surface area contributed by atoms with Crippen molar-refractivity contribution in [3.05, 3.63) is 119 Å². The molecule has 6 heterocycles. The van der Waals surface area contributed by atoms with E-state index in [1.165, 1.54) is 55.2 Å². The standard InChI is InChI=1S/C92H122N16O25/c1-10-11-37-93-84(119)80(101-73(111)23-18-41-105-75(113)33-34-76(105)114)81(102-74(112)24-19-42-106-77(115)35-36-78(106)116)85(120)94-38-15-22-72(110)100-63(53(2)3)49-95-55(6)82(117)98-59-29-25-57(26-30-59)50-132-91(126)107-66-47-70(68(128-8)45-61(66)87(122)103-39-16-20-64(103)89(107)124)130-43-13-12-14-44-131-71-48-67-62(46-69(71)129-9)88(123)104-40-17-21-65(104)90(125)108(67)92(127)133-51-58-27-31-60(32-28-58)99-83(118)56(7)97-86(121)79(54(4)5)96-52-109/h25-36,45-48,53-56,63-65,79-81,89-90,95-96,109,124-125H,10-24,37-44,49-52H2,1-9H3,(H,93,119)(H,94,120)(H,97,121)(H,98,117)(H,99,118)(H,100,110)(H,101,111)(H,102,112)/t55-,56-,63+,64-,65-,79-,80-,81+,89?,90?/m0/s1. The minimum Gasteiger partial charge on any atom is -0.493 e. The highest BCUT2D eigenvalue weighted by atomic mass is 16.6. The molecule has 0 saturated carbocycles. The number of imide groups is 2. The van der Waals surface area contributed by atoms with E-state index in [-0.39, 0.29) is 155 Å². The molecule has 2 unspecified atom stereocenters. The number of carbonyl (C=O) groups is 16. The lowest BCUT2D eigenvalue weighted by atomic mass is 10.0. The fourth-order valence-electron chi connectivity index (χ4n) is 16.0. The van der Waals surface area contributed by atoms with Crippen LogP contribution in [0.25, 0.3) is 0 Å². The molecule has 0 spiro atoms. The fourth-order valence-corrected chi connectivity index (χ4v) is 16.0. The lowest BCUT2D eigenvalue weighted by Gasteiger charge is -2.31. The molecule has 13 N–H and O–H groups in total. The third-order valence-corrected chi connectivity index (χ3v) is 23.6. The number of aliphatic hydroxyl groups excluding tert-OH is 3. The number of rotatable bonds is 48. The van der Waals surface area contributed by atoms with Gasteiger partial charge < -0.3 is 101 Å². The Morgan fingerprint density at radius 1 is 0.459 bits per heavy atom. The molecule has 0 radical (unpaired) electrons. The summed E-state index contributed by atoms with van der Waals surface area (Å²) in [4.78, 5) is 221. The second kappa shape index (κ2) is 48.9. The molecule has 41 heteroatoms. The molecule has 720 valence electrons. The maximum absolute atomic E-state index is 14.5. The average molecular weight is 1850 g/mol. The number of unbranched alkanes of at least 4 members (excludes halogenated alkanes) is 3. The number of benzene rings is 4. The maximum Gasteiger partial charge on any atom is 0.416 e. The molecule has 4 aromatic carbocycles. The summed E-state index contributed by atoms with van der Waals surface area (Å²) in [6.45, 7) is 12.3. The molecule has 10 atom stereocenters. The van der Waals surface area contributed by atoms with E-state index in [2.05, 4.69) is 53.2 Å². The number of hydrogen-bond donors (Lipinski definition) is 13. The van der Waals surface area contributed by atoms with Crippen molar-refractivity contribution in [2.24, 2.45) is 11.8 Å². The highest BCUT2D eigenvalue weighted by Gasteiger charge is 2.48. The van der Waals surface area contributed by atoms with E-state index in [0.29, 0.717) is 93.4 Å². The zero-order chi connectivity index (χ0) is 96.3. The third kappa shape index (κ3) is 27.1.